The summed E-state index contributed by atoms with van der Waals surface area (Å²) in [5.74, 6) is 1.57. The van der Waals surface area contributed by atoms with Crippen LogP contribution in [0, 0.1) is 0 Å². The Morgan fingerprint density at radius 2 is 2.03 bits per heavy atom. The number of amides is 1. The molecule has 2 heterocycles. The molecule has 30 heavy (non-hydrogen) atoms. The Morgan fingerprint density at radius 1 is 1.20 bits per heavy atom. The van der Waals surface area contributed by atoms with Gasteiger partial charge < -0.3 is 25.2 Å². The van der Waals surface area contributed by atoms with Gasteiger partial charge in [0.05, 0.1) is 5.00 Å². The van der Waals surface area contributed by atoms with E-state index in [0.717, 1.165) is 50.5 Å². The zero-order chi connectivity index (χ0) is 20.8. The third kappa shape index (κ3) is 5.66. The second-order valence-corrected chi connectivity index (χ2v) is 8.53. The summed E-state index contributed by atoms with van der Waals surface area (Å²) < 4.78 is 5.65. The summed E-state index contributed by atoms with van der Waals surface area (Å²) >= 11 is 1.79. The first-order valence-electron chi connectivity index (χ1n) is 10.5. The number of thiophene rings is 1. The molecule has 0 bridgehead atoms. The number of benzene rings is 1. The number of rotatable bonds is 7. The molecule has 7 nitrogen and oxygen atoms in total. The molecule has 1 aliphatic carbocycles. The molecule has 2 fully saturated rings. The number of nitrogens with zero attached hydrogens (tertiary/aromatic N) is 3. The molecule has 1 saturated heterocycles. The fraction of sp³-hybridized carbons (Fsp3) is 0.455. The molecule has 160 valence electrons. The van der Waals surface area contributed by atoms with Crippen LogP contribution in [0.15, 0.2) is 46.8 Å². The van der Waals surface area contributed by atoms with Gasteiger partial charge in [-0.2, -0.15) is 0 Å². The molecular weight excluding hydrogens is 398 g/mol. The molecule has 4 rings (SSSR count). The number of carbonyl (C=O) groups excluding carboxylic acids is 1. The lowest BCUT2D eigenvalue weighted by atomic mass is 10.2. The minimum absolute atomic E-state index is 0.0527. The average Bonchev–Trinajstić information content (AvgIpc) is 3.41. The minimum atomic E-state index is -0.0527. The fourth-order valence-corrected chi connectivity index (χ4v) is 4.28. The lowest BCUT2D eigenvalue weighted by Crippen LogP contribution is -2.52. The van der Waals surface area contributed by atoms with Crippen LogP contribution in [0.5, 0.6) is 5.75 Å². The van der Waals surface area contributed by atoms with Crippen molar-refractivity contribution in [2.75, 3.05) is 44.7 Å². The molecule has 0 atom stereocenters. The van der Waals surface area contributed by atoms with Crippen molar-refractivity contribution in [2.24, 2.45) is 4.99 Å². The molecule has 2 aromatic rings. The van der Waals surface area contributed by atoms with E-state index < -0.39 is 0 Å². The number of carbonyl (C=O) groups is 1. The van der Waals surface area contributed by atoms with Gasteiger partial charge in [0.2, 0.25) is 0 Å². The molecule has 1 amide bonds. The van der Waals surface area contributed by atoms with Gasteiger partial charge in [0.15, 0.2) is 12.6 Å². The van der Waals surface area contributed by atoms with Gasteiger partial charge in [-0.25, -0.2) is 0 Å². The Hall–Kier alpha value is -2.74. The van der Waals surface area contributed by atoms with E-state index in [1.165, 1.54) is 5.00 Å². The first-order chi connectivity index (χ1) is 14.7. The molecule has 1 saturated carbocycles. The third-order valence-corrected chi connectivity index (χ3v) is 6.20. The van der Waals surface area contributed by atoms with Crippen molar-refractivity contribution in [1.82, 2.24) is 15.5 Å². The van der Waals surface area contributed by atoms with E-state index in [0.29, 0.717) is 18.3 Å². The van der Waals surface area contributed by atoms with E-state index in [1.807, 2.05) is 31.3 Å². The highest BCUT2D eigenvalue weighted by Gasteiger charge is 2.23. The molecule has 0 unspecified atom stereocenters. The van der Waals surface area contributed by atoms with Gasteiger partial charge in [0.25, 0.3) is 5.91 Å². The molecule has 1 aliphatic heterocycles. The Morgan fingerprint density at radius 3 is 2.73 bits per heavy atom. The van der Waals surface area contributed by atoms with Crippen LogP contribution in [0.2, 0.25) is 0 Å². The molecule has 1 aromatic heterocycles. The van der Waals surface area contributed by atoms with Crippen LogP contribution in [0.1, 0.15) is 18.4 Å². The molecule has 8 heteroatoms. The second-order valence-electron chi connectivity index (χ2n) is 7.60. The highest BCUT2D eigenvalue weighted by molar-refractivity contribution is 7.14. The van der Waals surface area contributed by atoms with Crippen LogP contribution in [-0.4, -0.2) is 62.6 Å². The van der Waals surface area contributed by atoms with Crippen LogP contribution >= 0.6 is 11.3 Å². The number of hydrogen-bond acceptors (Lipinski definition) is 5. The topological polar surface area (TPSA) is 69.2 Å². The number of nitrogens with one attached hydrogen (secondary N) is 2. The van der Waals surface area contributed by atoms with Crippen molar-refractivity contribution in [3.8, 4) is 5.75 Å². The Labute approximate surface area is 181 Å². The van der Waals surface area contributed by atoms with Gasteiger partial charge in [0, 0.05) is 45.8 Å². The smallest absolute Gasteiger partial charge is 0.258 e. The SMILES string of the molecule is CN=C(NCc1cccc(OCC(=O)NC2CC2)c1)N1CCN(c2cccs2)CC1. The number of guanidine groups is 1. The van der Waals surface area contributed by atoms with Gasteiger partial charge >= 0.3 is 0 Å². The highest BCUT2D eigenvalue weighted by atomic mass is 32.1. The maximum Gasteiger partial charge on any atom is 0.258 e. The standard InChI is InChI=1S/C22H29N5O2S/c1-23-22(27-11-9-26(10-12-27)21-6-3-13-30-21)24-15-17-4-2-5-19(14-17)29-16-20(28)25-18-7-8-18/h2-6,13-14,18H,7-12,15-16H2,1H3,(H,23,24)(H,25,28). The van der Waals surface area contributed by atoms with E-state index in [9.17, 15) is 4.79 Å². The summed E-state index contributed by atoms with van der Waals surface area (Å²) in [6.07, 6.45) is 2.16. The van der Waals surface area contributed by atoms with Crippen LogP contribution < -0.4 is 20.3 Å². The van der Waals surface area contributed by atoms with Crippen molar-refractivity contribution >= 4 is 28.2 Å². The van der Waals surface area contributed by atoms with Crippen molar-refractivity contribution in [2.45, 2.75) is 25.4 Å². The highest BCUT2D eigenvalue weighted by Crippen LogP contribution is 2.22. The predicted octanol–water partition coefficient (Wildman–Crippen LogP) is 2.30. The van der Waals surface area contributed by atoms with Crippen LogP contribution in [-0.2, 0) is 11.3 Å². The van der Waals surface area contributed by atoms with E-state index in [-0.39, 0.29) is 12.5 Å². The minimum Gasteiger partial charge on any atom is -0.484 e. The first kappa shape index (κ1) is 20.5. The van der Waals surface area contributed by atoms with E-state index >= 15 is 0 Å². The van der Waals surface area contributed by atoms with Crippen molar-refractivity contribution in [3.05, 3.63) is 47.3 Å². The summed E-state index contributed by atoms with van der Waals surface area (Å²) in [7, 11) is 1.83. The number of anilines is 1. The largest absolute Gasteiger partial charge is 0.484 e. The Balaban J connectivity index is 1.24. The second kappa shape index (κ2) is 9.84. The van der Waals surface area contributed by atoms with Gasteiger partial charge in [-0.3, -0.25) is 9.79 Å². The zero-order valence-corrected chi connectivity index (χ0v) is 18.2. The van der Waals surface area contributed by atoms with Crippen molar-refractivity contribution in [1.29, 1.82) is 0 Å². The maximum absolute atomic E-state index is 11.8. The molecule has 2 aliphatic rings. The predicted molar refractivity (Wildman–Crippen MR) is 121 cm³/mol. The van der Waals surface area contributed by atoms with Gasteiger partial charge in [-0.1, -0.05) is 12.1 Å². The van der Waals surface area contributed by atoms with E-state index in [2.05, 4.69) is 42.9 Å². The molecule has 0 spiro atoms. The van der Waals surface area contributed by atoms with E-state index in [4.69, 9.17) is 4.74 Å². The number of ether oxygens (including phenoxy) is 1. The van der Waals surface area contributed by atoms with Gasteiger partial charge in [-0.05, 0) is 48.1 Å². The van der Waals surface area contributed by atoms with Crippen LogP contribution in [0.3, 0.4) is 0 Å². The number of piperazine rings is 1. The quantitative estimate of drug-likeness (QED) is 0.524. The van der Waals surface area contributed by atoms with E-state index in [1.54, 1.807) is 11.3 Å². The van der Waals surface area contributed by atoms with Crippen molar-refractivity contribution < 1.29 is 9.53 Å². The third-order valence-electron chi connectivity index (χ3n) is 5.27. The fourth-order valence-electron chi connectivity index (χ4n) is 3.49. The average molecular weight is 428 g/mol. The molecule has 1 aromatic carbocycles. The zero-order valence-electron chi connectivity index (χ0n) is 17.3. The Bertz CT molecular complexity index is 858. The van der Waals surface area contributed by atoms with Gasteiger partial charge in [0.1, 0.15) is 5.75 Å². The van der Waals surface area contributed by atoms with Crippen LogP contribution in [0.4, 0.5) is 5.00 Å². The summed E-state index contributed by atoms with van der Waals surface area (Å²) in [5, 5.41) is 9.85. The lowest BCUT2D eigenvalue weighted by molar-refractivity contribution is -0.123. The molecule has 0 radical (unpaired) electrons. The maximum atomic E-state index is 11.8. The summed E-state index contributed by atoms with van der Waals surface area (Å²) in [6, 6.07) is 12.5. The van der Waals surface area contributed by atoms with Crippen LogP contribution in [0.25, 0.3) is 0 Å². The lowest BCUT2D eigenvalue weighted by Gasteiger charge is -2.37. The van der Waals surface area contributed by atoms with Crippen molar-refractivity contribution in [3.63, 3.8) is 0 Å². The first-order valence-corrected chi connectivity index (χ1v) is 11.3. The molecular formula is C22H29N5O2S. The molecule has 2 N–H and O–H groups in total. The Kier molecular flexibility index (Phi) is 6.74. The summed E-state index contributed by atoms with van der Waals surface area (Å²) in [6.45, 7) is 4.58. The summed E-state index contributed by atoms with van der Waals surface area (Å²) in [4.78, 5) is 21.0. The number of aliphatic imine (C=N–C) groups is 1. The normalized spacial score (nSPS) is 17.0. The number of hydrogen-bond donors (Lipinski definition) is 2. The van der Waals surface area contributed by atoms with Gasteiger partial charge in [-0.15, -0.1) is 11.3 Å². The summed E-state index contributed by atoms with van der Waals surface area (Å²) in [5.41, 5.74) is 1.09. The monoisotopic (exact) mass is 427 g/mol.